The van der Waals surface area contributed by atoms with Crippen molar-refractivity contribution in [3.63, 3.8) is 0 Å². The summed E-state index contributed by atoms with van der Waals surface area (Å²) in [7, 11) is 0. The summed E-state index contributed by atoms with van der Waals surface area (Å²) in [6.07, 6.45) is 1.29. The lowest BCUT2D eigenvalue weighted by Gasteiger charge is -2.31. The van der Waals surface area contributed by atoms with Crippen molar-refractivity contribution in [1.29, 1.82) is 0 Å². The molecule has 33 heavy (non-hydrogen) atoms. The second kappa shape index (κ2) is 10.7. The molecule has 0 saturated heterocycles. The highest BCUT2D eigenvalue weighted by Crippen LogP contribution is 2.44. The maximum atomic E-state index is 12.9. The second-order valence-corrected chi connectivity index (χ2v) is 9.66. The summed E-state index contributed by atoms with van der Waals surface area (Å²) in [6, 6.07) is 16.2. The summed E-state index contributed by atoms with van der Waals surface area (Å²) < 4.78 is 5.53. The van der Waals surface area contributed by atoms with Crippen LogP contribution < -0.4 is 5.32 Å². The molecule has 0 atom stereocenters. The van der Waals surface area contributed by atoms with Crippen LogP contribution in [0.4, 0.5) is 4.79 Å². The van der Waals surface area contributed by atoms with Gasteiger partial charge in [0.1, 0.15) is 13.2 Å². The summed E-state index contributed by atoms with van der Waals surface area (Å²) >= 11 is 1.54. The molecule has 2 amide bonds. The van der Waals surface area contributed by atoms with Gasteiger partial charge in [0.15, 0.2) is 0 Å². The quantitative estimate of drug-likeness (QED) is 0.548. The minimum atomic E-state index is -1.07. The van der Waals surface area contributed by atoms with Crippen molar-refractivity contribution in [1.82, 2.24) is 10.2 Å². The standard InChI is InChI=1S/C25H30N2O5S/c1-25(2,23(30)27(12-13-33-3)14-22(28)29)16-26-24(31)32-15-21-19-10-6-4-8-17(19)18-9-5-7-11-20(18)21/h4-11,21H,12-16H2,1-3H3,(H,26,31)(H,28,29). The minimum Gasteiger partial charge on any atom is -0.480 e. The Morgan fingerprint density at radius 2 is 1.64 bits per heavy atom. The number of aliphatic carboxylic acids is 1. The molecule has 2 N–H and O–H groups in total. The van der Waals surface area contributed by atoms with E-state index in [2.05, 4.69) is 29.6 Å². The fourth-order valence-electron chi connectivity index (χ4n) is 4.06. The average molecular weight is 471 g/mol. The lowest BCUT2D eigenvalue weighted by atomic mass is 9.91. The van der Waals surface area contributed by atoms with Crippen LogP contribution >= 0.6 is 11.8 Å². The van der Waals surface area contributed by atoms with Gasteiger partial charge in [-0.1, -0.05) is 48.5 Å². The number of nitrogens with zero attached hydrogens (tertiary/aromatic N) is 1. The molecule has 0 radical (unpaired) electrons. The van der Waals surface area contributed by atoms with Gasteiger partial charge in [0.2, 0.25) is 5.91 Å². The van der Waals surface area contributed by atoms with E-state index in [0.717, 1.165) is 22.3 Å². The molecule has 1 aliphatic carbocycles. The molecular weight excluding hydrogens is 440 g/mol. The van der Waals surface area contributed by atoms with Crippen molar-refractivity contribution in [2.75, 3.05) is 38.2 Å². The number of thioether (sulfide) groups is 1. The number of amides is 2. The van der Waals surface area contributed by atoms with E-state index in [1.165, 1.54) is 16.7 Å². The Morgan fingerprint density at radius 3 is 2.18 bits per heavy atom. The molecule has 2 aromatic rings. The SMILES string of the molecule is CSCCN(CC(=O)O)C(=O)C(C)(C)CNC(=O)OCC1c2ccccc2-c2ccccc21. The maximum absolute atomic E-state index is 12.9. The van der Waals surface area contributed by atoms with Crippen molar-refractivity contribution in [3.8, 4) is 11.1 Å². The van der Waals surface area contributed by atoms with Crippen LogP contribution in [0.3, 0.4) is 0 Å². The Morgan fingerprint density at radius 1 is 1.06 bits per heavy atom. The minimum absolute atomic E-state index is 0.0396. The summed E-state index contributed by atoms with van der Waals surface area (Å²) in [5.41, 5.74) is 3.58. The first-order chi connectivity index (χ1) is 15.7. The average Bonchev–Trinajstić information content (AvgIpc) is 3.12. The van der Waals surface area contributed by atoms with Crippen LogP contribution in [0.2, 0.25) is 0 Å². The molecule has 0 aliphatic heterocycles. The van der Waals surface area contributed by atoms with Crippen LogP contribution in [0.15, 0.2) is 48.5 Å². The zero-order valence-electron chi connectivity index (χ0n) is 19.2. The number of carbonyl (C=O) groups excluding carboxylic acids is 2. The van der Waals surface area contributed by atoms with E-state index < -0.39 is 17.5 Å². The molecule has 0 spiro atoms. The first-order valence-electron chi connectivity index (χ1n) is 10.8. The summed E-state index contributed by atoms with van der Waals surface area (Å²) in [5, 5.41) is 11.8. The number of nitrogens with one attached hydrogen (secondary N) is 1. The highest BCUT2D eigenvalue weighted by atomic mass is 32.2. The van der Waals surface area contributed by atoms with Gasteiger partial charge in [-0.25, -0.2) is 4.79 Å². The van der Waals surface area contributed by atoms with Gasteiger partial charge in [0, 0.05) is 24.8 Å². The zero-order valence-corrected chi connectivity index (χ0v) is 20.0. The maximum Gasteiger partial charge on any atom is 0.407 e. The van der Waals surface area contributed by atoms with Crippen molar-refractivity contribution in [3.05, 3.63) is 59.7 Å². The molecule has 2 aromatic carbocycles. The third-order valence-electron chi connectivity index (χ3n) is 5.78. The number of ether oxygens (including phenoxy) is 1. The van der Waals surface area contributed by atoms with Gasteiger partial charge in [-0.2, -0.15) is 11.8 Å². The molecule has 0 unspecified atom stereocenters. The predicted octanol–water partition coefficient (Wildman–Crippen LogP) is 3.83. The van der Waals surface area contributed by atoms with Crippen LogP contribution in [0, 0.1) is 5.41 Å². The highest BCUT2D eigenvalue weighted by Gasteiger charge is 2.34. The number of benzene rings is 2. The van der Waals surface area contributed by atoms with Gasteiger partial charge < -0.3 is 20.1 Å². The van der Waals surface area contributed by atoms with Crippen molar-refractivity contribution in [2.24, 2.45) is 5.41 Å². The molecule has 1 aliphatic rings. The van der Waals surface area contributed by atoms with Gasteiger partial charge >= 0.3 is 12.1 Å². The fourth-order valence-corrected chi connectivity index (χ4v) is 4.47. The smallest absolute Gasteiger partial charge is 0.407 e. The van der Waals surface area contributed by atoms with Crippen LogP contribution in [0.25, 0.3) is 11.1 Å². The van der Waals surface area contributed by atoms with Crippen LogP contribution in [0.1, 0.15) is 30.9 Å². The molecule has 0 bridgehead atoms. The van der Waals surface area contributed by atoms with E-state index in [9.17, 15) is 14.4 Å². The number of carboxylic acids is 1. The molecule has 7 nitrogen and oxygen atoms in total. The molecule has 0 fully saturated rings. The number of rotatable bonds is 10. The van der Waals surface area contributed by atoms with Crippen LogP contribution in [-0.2, 0) is 14.3 Å². The third-order valence-corrected chi connectivity index (χ3v) is 6.37. The molecule has 3 rings (SSSR count). The molecular formula is C25H30N2O5S. The topological polar surface area (TPSA) is 95.9 Å². The fraction of sp³-hybridized carbons (Fsp3) is 0.400. The second-order valence-electron chi connectivity index (χ2n) is 8.68. The molecule has 176 valence electrons. The Kier molecular flexibility index (Phi) is 8.02. The van der Waals surface area contributed by atoms with Gasteiger partial charge in [0.25, 0.3) is 0 Å². The Balaban J connectivity index is 1.59. The van der Waals surface area contributed by atoms with Gasteiger partial charge in [-0.3, -0.25) is 9.59 Å². The number of carboxylic acid groups (broad SMARTS) is 1. The Hall–Kier alpha value is -3.00. The number of carbonyl (C=O) groups is 3. The van der Waals surface area contributed by atoms with E-state index in [1.54, 1.807) is 13.8 Å². The number of fused-ring (bicyclic) bond motifs is 3. The number of alkyl carbamates (subject to hydrolysis) is 1. The van der Waals surface area contributed by atoms with Crippen molar-refractivity contribution in [2.45, 2.75) is 19.8 Å². The summed E-state index contributed by atoms with van der Waals surface area (Å²) in [4.78, 5) is 37.9. The lowest BCUT2D eigenvalue weighted by Crippen LogP contribution is -2.49. The van der Waals surface area contributed by atoms with Crippen LogP contribution in [-0.4, -0.2) is 66.2 Å². The first-order valence-corrected chi connectivity index (χ1v) is 12.2. The summed E-state index contributed by atoms with van der Waals surface area (Å²) in [5.74, 6) is -0.799. The zero-order chi connectivity index (χ0) is 24.0. The van der Waals surface area contributed by atoms with Crippen LogP contribution in [0.5, 0.6) is 0 Å². The molecule has 0 heterocycles. The number of hydrogen-bond donors (Lipinski definition) is 2. The van der Waals surface area contributed by atoms with Crippen molar-refractivity contribution < 1.29 is 24.2 Å². The van der Waals surface area contributed by atoms with E-state index in [4.69, 9.17) is 9.84 Å². The molecule has 0 aromatic heterocycles. The van der Waals surface area contributed by atoms with Gasteiger partial charge in [-0.05, 0) is 42.4 Å². The van der Waals surface area contributed by atoms with E-state index >= 15 is 0 Å². The Labute approximate surface area is 198 Å². The molecule has 0 saturated carbocycles. The number of hydrogen-bond acceptors (Lipinski definition) is 5. The van der Waals surface area contributed by atoms with E-state index in [1.807, 2.05) is 30.5 Å². The van der Waals surface area contributed by atoms with Gasteiger partial charge in [-0.15, -0.1) is 0 Å². The van der Waals surface area contributed by atoms with E-state index in [0.29, 0.717) is 12.3 Å². The lowest BCUT2D eigenvalue weighted by molar-refractivity contribution is -0.148. The van der Waals surface area contributed by atoms with Crippen molar-refractivity contribution >= 4 is 29.7 Å². The Bertz CT molecular complexity index is 978. The van der Waals surface area contributed by atoms with Gasteiger partial charge in [0.05, 0.1) is 5.41 Å². The highest BCUT2D eigenvalue weighted by molar-refractivity contribution is 7.98. The monoisotopic (exact) mass is 470 g/mol. The summed E-state index contributed by atoms with van der Waals surface area (Å²) in [6.45, 7) is 3.57. The largest absolute Gasteiger partial charge is 0.480 e. The van der Waals surface area contributed by atoms with E-state index in [-0.39, 0.29) is 31.5 Å². The predicted molar refractivity (Wildman–Crippen MR) is 129 cm³/mol. The molecule has 8 heteroatoms. The normalized spacial score (nSPS) is 12.6. The third kappa shape index (κ3) is 5.87. The first kappa shape index (κ1) is 24.6.